The normalized spacial score (nSPS) is 10.2. The van der Waals surface area contributed by atoms with Crippen molar-refractivity contribution in [2.75, 3.05) is 18.5 Å². The highest BCUT2D eigenvalue weighted by molar-refractivity contribution is 6.35. The molecule has 132 valence electrons. The molecule has 0 saturated heterocycles. The van der Waals surface area contributed by atoms with E-state index < -0.39 is 30.9 Å². The van der Waals surface area contributed by atoms with E-state index in [1.54, 1.807) is 6.07 Å². The molecule has 0 aliphatic rings. The Morgan fingerprint density at radius 2 is 1.76 bits per heavy atom. The summed E-state index contributed by atoms with van der Waals surface area (Å²) >= 11 is 17.2. The molecule has 0 aliphatic carbocycles. The molecule has 2 rings (SSSR count). The van der Waals surface area contributed by atoms with Crippen molar-refractivity contribution in [3.63, 3.8) is 0 Å². The number of esters is 1. The first-order valence-electron chi connectivity index (χ1n) is 6.83. The molecular formula is C16H11Cl3FNO4. The van der Waals surface area contributed by atoms with Crippen molar-refractivity contribution in [3.8, 4) is 5.75 Å². The van der Waals surface area contributed by atoms with Gasteiger partial charge in [-0.15, -0.1) is 0 Å². The fourth-order valence-corrected chi connectivity index (χ4v) is 2.33. The van der Waals surface area contributed by atoms with E-state index >= 15 is 0 Å². The molecule has 0 aliphatic heterocycles. The summed E-state index contributed by atoms with van der Waals surface area (Å²) < 4.78 is 23.0. The van der Waals surface area contributed by atoms with Crippen LogP contribution in [0.15, 0.2) is 36.4 Å². The summed E-state index contributed by atoms with van der Waals surface area (Å²) in [5.74, 6) is -1.73. The lowest BCUT2D eigenvalue weighted by Gasteiger charge is -2.09. The highest BCUT2D eigenvalue weighted by atomic mass is 35.5. The maximum atomic E-state index is 13.0. The molecule has 2 aromatic carbocycles. The number of anilines is 1. The predicted molar refractivity (Wildman–Crippen MR) is 93.0 cm³/mol. The first-order valence-corrected chi connectivity index (χ1v) is 7.97. The summed E-state index contributed by atoms with van der Waals surface area (Å²) in [6.45, 7) is -0.970. The number of amides is 1. The van der Waals surface area contributed by atoms with E-state index in [9.17, 15) is 14.0 Å². The number of carbonyl (C=O) groups excluding carboxylic acids is 2. The second-order valence-electron chi connectivity index (χ2n) is 4.70. The molecule has 5 nitrogen and oxygen atoms in total. The highest BCUT2D eigenvalue weighted by Crippen LogP contribution is 2.27. The number of hydrogen-bond acceptors (Lipinski definition) is 4. The predicted octanol–water partition coefficient (Wildman–Crippen LogP) is 4.35. The van der Waals surface area contributed by atoms with Crippen LogP contribution in [-0.2, 0) is 14.3 Å². The molecule has 0 bridgehead atoms. The molecule has 0 radical (unpaired) electrons. The van der Waals surface area contributed by atoms with Gasteiger partial charge in [0.15, 0.2) is 13.2 Å². The zero-order valence-electron chi connectivity index (χ0n) is 12.5. The third kappa shape index (κ3) is 6.08. The van der Waals surface area contributed by atoms with Gasteiger partial charge in [0, 0.05) is 10.7 Å². The summed E-state index contributed by atoms with van der Waals surface area (Å²) in [7, 11) is 0. The van der Waals surface area contributed by atoms with Crippen molar-refractivity contribution in [1.29, 1.82) is 0 Å². The van der Waals surface area contributed by atoms with Crippen LogP contribution in [-0.4, -0.2) is 25.1 Å². The van der Waals surface area contributed by atoms with Crippen LogP contribution in [0.4, 0.5) is 10.1 Å². The van der Waals surface area contributed by atoms with Gasteiger partial charge in [0.05, 0.1) is 10.0 Å². The second-order valence-corrected chi connectivity index (χ2v) is 5.95. The summed E-state index contributed by atoms with van der Waals surface area (Å²) in [5.41, 5.74) is 0.275. The third-order valence-corrected chi connectivity index (χ3v) is 3.63. The monoisotopic (exact) mass is 405 g/mol. The number of benzene rings is 2. The van der Waals surface area contributed by atoms with Crippen LogP contribution in [0.25, 0.3) is 0 Å². The van der Waals surface area contributed by atoms with Crippen molar-refractivity contribution in [2.45, 2.75) is 0 Å². The number of carbonyl (C=O) groups is 2. The molecule has 0 saturated carbocycles. The van der Waals surface area contributed by atoms with Crippen LogP contribution >= 0.6 is 34.8 Å². The van der Waals surface area contributed by atoms with Gasteiger partial charge in [-0.2, -0.15) is 0 Å². The quantitative estimate of drug-likeness (QED) is 0.725. The van der Waals surface area contributed by atoms with Crippen LogP contribution in [0.1, 0.15) is 0 Å². The minimum Gasteiger partial charge on any atom is -0.480 e. The van der Waals surface area contributed by atoms with E-state index in [2.05, 4.69) is 5.32 Å². The van der Waals surface area contributed by atoms with Crippen molar-refractivity contribution >= 4 is 52.4 Å². The Morgan fingerprint density at radius 3 is 2.44 bits per heavy atom. The molecule has 0 atom stereocenters. The molecule has 0 unspecified atom stereocenters. The minimum atomic E-state index is -0.765. The van der Waals surface area contributed by atoms with Crippen LogP contribution in [0.5, 0.6) is 5.75 Å². The Morgan fingerprint density at radius 1 is 1.00 bits per heavy atom. The summed E-state index contributed by atoms with van der Waals surface area (Å²) in [6.07, 6.45) is 0. The Bertz CT molecular complexity index is 801. The van der Waals surface area contributed by atoms with Gasteiger partial charge in [-0.1, -0.05) is 34.8 Å². The van der Waals surface area contributed by atoms with Crippen molar-refractivity contribution in [2.24, 2.45) is 0 Å². The number of rotatable bonds is 6. The van der Waals surface area contributed by atoms with Crippen molar-refractivity contribution in [3.05, 3.63) is 57.3 Å². The van der Waals surface area contributed by atoms with E-state index in [1.165, 1.54) is 24.3 Å². The van der Waals surface area contributed by atoms with Crippen LogP contribution < -0.4 is 10.1 Å². The van der Waals surface area contributed by atoms with Crippen molar-refractivity contribution < 1.29 is 23.5 Å². The van der Waals surface area contributed by atoms with Crippen molar-refractivity contribution in [1.82, 2.24) is 0 Å². The highest BCUT2D eigenvalue weighted by Gasteiger charge is 2.11. The first kappa shape index (κ1) is 19.3. The van der Waals surface area contributed by atoms with Gasteiger partial charge in [0.25, 0.3) is 5.91 Å². The fraction of sp³-hybridized carbons (Fsp3) is 0.125. The zero-order chi connectivity index (χ0) is 18.4. The maximum absolute atomic E-state index is 13.0. The molecule has 9 heteroatoms. The SMILES string of the molecule is O=C(COC(=O)COc1ccc(Cl)cc1Cl)Nc1ccc(F)c(Cl)c1. The van der Waals surface area contributed by atoms with E-state index in [1.807, 2.05) is 0 Å². The van der Waals surface area contributed by atoms with Gasteiger partial charge >= 0.3 is 5.97 Å². The van der Waals surface area contributed by atoms with Gasteiger partial charge in [-0.3, -0.25) is 4.79 Å². The summed E-state index contributed by atoms with van der Waals surface area (Å²) in [6, 6.07) is 8.19. The van der Waals surface area contributed by atoms with Crippen LogP contribution in [0.3, 0.4) is 0 Å². The van der Waals surface area contributed by atoms with E-state index in [0.29, 0.717) is 5.02 Å². The standard InChI is InChI=1S/C16H11Cl3FNO4/c17-9-1-4-14(12(19)5-9)24-8-16(23)25-7-15(22)21-10-2-3-13(20)11(18)6-10/h1-6H,7-8H2,(H,21,22). The maximum Gasteiger partial charge on any atom is 0.344 e. The molecule has 0 aromatic heterocycles. The van der Waals surface area contributed by atoms with Gasteiger partial charge in [-0.25, -0.2) is 9.18 Å². The molecule has 0 spiro atoms. The molecule has 1 N–H and O–H groups in total. The Hall–Kier alpha value is -2.02. The Kier molecular flexibility index (Phi) is 6.87. The Balaban J connectivity index is 1.77. The number of nitrogens with one attached hydrogen (secondary N) is 1. The largest absolute Gasteiger partial charge is 0.480 e. The Labute approximate surface area is 157 Å². The zero-order valence-corrected chi connectivity index (χ0v) is 14.8. The molecule has 25 heavy (non-hydrogen) atoms. The summed E-state index contributed by atoms with van der Waals surface area (Å²) in [5, 5.41) is 2.94. The smallest absolute Gasteiger partial charge is 0.344 e. The van der Waals surface area contributed by atoms with E-state index in [4.69, 9.17) is 44.3 Å². The van der Waals surface area contributed by atoms with Gasteiger partial charge in [-0.05, 0) is 36.4 Å². The molecule has 1 amide bonds. The molecule has 2 aromatic rings. The van der Waals surface area contributed by atoms with Gasteiger partial charge in [0.2, 0.25) is 0 Å². The van der Waals surface area contributed by atoms with Crippen LogP contribution in [0, 0.1) is 5.82 Å². The van der Waals surface area contributed by atoms with Gasteiger partial charge in [0.1, 0.15) is 11.6 Å². The average Bonchev–Trinajstić information content (AvgIpc) is 2.55. The lowest BCUT2D eigenvalue weighted by molar-refractivity contribution is -0.149. The van der Waals surface area contributed by atoms with E-state index in [0.717, 1.165) is 6.07 Å². The molecule has 0 heterocycles. The molecule has 0 fully saturated rings. The van der Waals surface area contributed by atoms with Gasteiger partial charge < -0.3 is 14.8 Å². The van der Waals surface area contributed by atoms with Crippen LogP contribution in [0.2, 0.25) is 15.1 Å². The minimum absolute atomic E-state index is 0.136. The lowest BCUT2D eigenvalue weighted by atomic mass is 10.3. The summed E-state index contributed by atoms with van der Waals surface area (Å²) in [4.78, 5) is 23.3. The van der Waals surface area contributed by atoms with E-state index in [-0.39, 0.29) is 21.5 Å². The fourth-order valence-electron chi connectivity index (χ4n) is 1.69. The number of ether oxygens (including phenoxy) is 2. The third-order valence-electron chi connectivity index (χ3n) is 2.81. The number of hydrogen-bond donors (Lipinski definition) is 1. The molecular weight excluding hydrogens is 396 g/mol. The lowest BCUT2D eigenvalue weighted by Crippen LogP contribution is -2.23. The topological polar surface area (TPSA) is 64.6 Å². The number of halogens is 4. The first-order chi connectivity index (χ1) is 11.8. The second kappa shape index (κ2) is 8.89. The average molecular weight is 407 g/mol.